The molecular weight excluding hydrogens is 574 g/mol. The number of hydrogen-bond donors (Lipinski definition) is 7. The van der Waals surface area contributed by atoms with E-state index in [1.807, 2.05) is 30.3 Å². The zero-order valence-electron chi connectivity index (χ0n) is 23.4. The minimum Gasteiger partial charge on any atom is -0.508 e. The van der Waals surface area contributed by atoms with Crippen LogP contribution in [0, 0.1) is 0 Å². The highest BCUT2D eigenvalue weighted by Crippen LogP contribution is 2.48. The molecule has 5 rings (SSSR count). The molecule has 0 bridgehead atoms. The van der Waals surface area contributed by atoms with Crippen LogP contribution < -0.4 is 9.64 Å². The van der Waals surface area contributed by atoms with Crippen LogP contribution in [0.1, 0.15) is 29.0 Å². The van der Waals surface area contributed by atoms with Crippen molar-refractivity contribution in [2.45, 2.75) is 55.5 Å². The number of carboxylic acids is 1. The SMILES string of the molecule is O=C(O)[C@H]1[C@H](CCc2ccccc2)c2cc(O)c(O[C@H]3O[C@H](CO)[C@@H](O)[C@H](O)[C@H]3O)cc2N1C(=O)C=Cc1ccc(O)cc1. The van der Waals surface area contributed by atoms with E-state index in [1.165, 1.54) is 36.4 Å². The average Bonchev–Trinajstić information content (AvgIpc) is 3.33. The number of aromatic hydroxyl groups is 2. The zero-order valence-corrected chi connectivity index (χ0v) is 23.4. The number of aliphatic carboxylic acids is 1. The van der Waals surface area contributed by atoms with Gasteiger partial charge in [0.05, 0.1) is 12.3 Å². The van der Waals surface area contributed by atoms with Crippen molar-refractivity contribution >= 4 is 23.6 Å². The maximum Gasteiger partial charge on any atom is 0.327 e. The fourth-order valence-corrected chi connectivity index (χ4v) is 5.62. The number of amides is 1. The molecule has 0 saturated carbocycles. The third-order valence-corrected chi connectivity index (χ3v) is 7.91. The average molecular weight is 608 g/mol. The van der Waals surface area contributed by atoms with Gasteiger partial charge < -0.3 is 45.2 Å². The molecule has 7 N–H and O–H groups in total. The third-order valence-electron chi connectivity index (χ3n) is 7.91. The summed E-state index contributed by atoms with van der Waals surface area (Å²) in [5.74, 6) is -3.34. The van der Waals surface area contributed by atoms with Crippen LogP contribution in [0.15, 0.2) is 72.8 Å². The van der Waals surface area contributed by atoms with Crippen LogP contribution in [-0.2, 0) is 20.7 Å². The highest BCUT2D eigenvalue weighted by Gasteiger charge is 2.47. The smallest absolute Gasteiger partial charge is 0.327 e. The molecule has 1 fully saturated rings. The van der Waals surface area contributed by atoms with Gasteiger partial charge in [0.2, 0.25) is 6.29 Å². The lowest BCUT2D eigenvalue weighted by Gasteiger charge is -2.39. The molecule has 0 aromatic heterocycles. The summed E-state index contributed by atoms with van der Waals surface area (Å²) in [6.45, 7) is -0.694. The topological polar surface area (TPSA) is 197 Å². The minimum atomic E-state index is -1.77. The molecule has 2 heterocycles. The van der Waals surface area contributed by atoms with Gasteiger partial charge in [-0.25, -0.2) is 4.79 Å². The highest BCUT2D eigenvalue weighted by atomic mass is 16.7. The van der Waals surface area contributed by atoms with E-state index in [-0.39, 0.29) is 17.2 Å². The van der Waals surface area contributed by atoms with E-state index in [2.05, 4.69) is 0 Å². The summed E-state index contributed by atoms with van der Waals surface area (Å²) >= 11 is 0. The van der Waals surface area contributed by atoms with Crippen LogP contribution in [0.5, 0.6) is 17.2 Å². The number of aliphatic hydroxyl groups is 4. The molecule has 1 amide bonds. The normalized spacial score (nSPS) is 26.5. The fraction of sp³-hybridized carbons (Fsp3) is 0.312. The second-order valence-corrected chi connectivity index (χ2v) is 10.7. The number of carbonyl (C=O) groups is 2. The Morgan fingerprint density at radius 3 is 2.30 bits per heavy atom. The van der Waals surface area contributed by atoms with Gasteiger partial charge in [0.15, 0.2) is 11.5 Å². The number of carboxylic acid groups (broad SMARTS) is 1. The number of nitrogens with zero attached hydrogens (tertiary/aromatic N) is 1. The maximum atomic E-state index is 13.7. The molecule has 0 radical (unpaired) electrons. The summed E-state index contributed by atoms with van der Waals surface area (Å²) in [4.78, 5) is 27.5. The number of phenolic OH excluding ortho intramolecular Hbond substituents is 2. The number of fused-ring (bicyclic) bond motifs is 1. The largest absolute Gasteiger partial charge is 0.508 e. The summed E-state index contributed by atoms with van der Waals surface area (Å²) in [5, 5.41) is 71.1. The lowest BCUT2D eigenvalue weighted by molar-refractivity contribution is -0.277. The molecule has 2 aliphatic rings. The van der Waals surface area contributed by atoms with Crippen molar-refractivity contribution in [2.24, 2.45) is 0 Å². The van der Waals surface area contributed by atoms with E-state index in [9.17, 15) is 45.3 Å². The first kappa shape index (κ1) is 31.0. The maximum absolute atomic E-state index is 13.7. The van der Waals surface area contributed by atoms with E-state index < -0.39 is 66.9 Å². The van der Waals surface area contributed by atoms with Crippen molar-refractivity contribution in [1.82, 2.24) is 0 Å². The van der Waals surface area contributed by atoms with Gasteiger partial charge in [0.25, 0.3) is 5.91 Å². The molecule has 3 aromatic carbocycles. The minimum absolute atomic E-state index is 0.0425. The number of ether oxygens (including phenoxy) is 2. The van der Waals surface area contributed by atoms with Crippen LogP contribution in [-0.4, -0.2) is 91.0 Å². The summed E-state index contributed by atoms with van der Waals surface area (Å²) in [6, 6.07) is 16.7. The Hall–Kier alpha value is -4.46. The summed E-state index contributed by atoms with van der Waals surface area (Å²) in [7, 11) is 0. The second kappa shape index (κ2) is 13.0. The molecule has 44 heavy (non-hydrogen) atoms. The number of carbonyl (C=O) groups excluding carboxylic acids is 1. The monoisotopic (exact) mass is 607 g/mol. The third kappa shape index (κ3) is 6.25. The van der Waals surface area contributed by atoms with Crippen molar-refractivity contribution in [1.29, 1.82) is 0 Å². The molecule has 2 aliphatic heterocycles. The molecule has 0 unspecified atom stereocenters. The molecular formula is C32H33NO11. The molecule has 232 valence electrons. The molecule has 3 aromatic rings. The lowest BCUT2D eigenvalue weighted by atomic mass is 9.88. The molecule has 1 saturated heterocycles. The van der Waals surface area contributed by atoms with Gasteiger partial charge in [-0.05, 0) is 53.8 Å². The number of phenols is 2. The Morgan fingerprint density at radius 2 is 1.64 bits per heavy atom. The summed E-state index contributed by atoms with van der Waals surface area (Å²) in [6.07, 6.45) is -4.52. The van der Waals surface area contributed by atoms with Gasteiger partial charge in [-0.3, -0.25) is 9.69 Å². The van der Waals surface area contributed by atoms with Gasteiger partial charge in [-0.15, -0.1) is 0 Å². The van der Waals surface area contributed by atoms with Crippen LogP contribution in [0.3, 0.4) is 0 Å². The standard InChI is InChI=1S/C32H33NO11/c34-16-25-28(38)29(39)30(40)32(44-25)43-24-15-22-21(14-23(24)36)20(12-8-17-4-2-1-3-5-17)27(31(41)42)33(22)26(37)13-9-18-6-10-19(35)11-7-18/h1-7,9-11,13-15,20,25,27-30,32,34-36,38-40H,8,12,16H2,(H,41,42)/t20-,25-,27-,28-,29+,30-,32+/m1/s1. The van der Waals surface area contributed by atoms with Crippen molar-refractivity contribution < 1.29 is 54.8 Å². The zero-order chi connectivity index (χ0) is 31.5. The highest BCUT2D eigenvalue weighted by molar-refractivity contribution is 6.09. The van der Waals surface area contributed by atoms with E-state index in [0.717, 1.165) is 10.5 Å². The Balaban J connectivity index is 1.52. The van der Waals surface area contributed by atoms with E-state index in [1.54, 1.807) is 12.1 Å². The predicted octanol–water partition coefficient (Wildman–Crippen LogP) is 1.51. The fourth-order valence-electron chi connectivity index (χ4n) is 5.62. The van der Waals surface area contributed by atoms with Crippen LogP contribution in [0.25, 0.3) is 6.08 Å². The first-order valence-corrected chi connectivity index (χ1v) is 14.0. The Kier molecular flexibility index (Phi) is 9.18. The van der Waals surface area contributed by atoms with Gasteiger partial charge in [0.1, 0.15) is 36.2 Å². The van der Waals surface area contributed by atoms with Crippen molar-refractivity contribution in [3.8, 4) is 17.2 Å². The van der Waals surface area contributed by atoms with Gasteiger partial charge in [-0.2, -0.15) is 0 Å². The molecule has 12 heteroatoms. The summed E-state index contributed by atoms with van der Waals surface area (Å²) < 4.78 is 11.1. The first-order chi connectivity index (χ1) is 21.1. The van der Waals surface area contributed by atoms with Crippen LogP contribution in [0.2, 0.25) is 0 Å². The van der Waals surface area contributed by atoms with E-state index >= 15 is 0 Å². The first-order valence-electron chi connectivity index (χ1n) is 14.0. The Morgan fingerprint density at radius 1 is 0.932 bits per heavy atom. The van der Waals surface area contributed by atoms with E-state index in [0.29, 0.717) is 24.0 Å². The second-order valence-electron chi connectivity index (χ2n) is 10.7. The molecule has 7 atom stereocenters. The van der Waals surface area contributed by atoms with Crippen molar-refractivity contribution in [3.05, 3.63) is 89.5 Å². The van der Waals surface area contributed by atoms with Crippen molar-refractivity contribution in [3.63, 3.8) is 0 Å². The predicted molar refractivity (Wildman–Crippen MR) is 156 cm³/mol. The number of aryl methyl sites for hydroxylation is 1. The Labute approximate surface area is 252 Å². The summed E-state index contributed by atoms with van der Waals surface area (Å²) in [5.41, 5.74) is 2.08. The van der Waals surface area contributed by atoms with Gasteiger partial charge in [0, 0.05) is 18.1 Å². The molecule has 0 spiro atoms. The van der Waals surface area contributed by atoms with E-state index in [4.69, 9.17) is 9.47 Å². The lowest BCUT2D eigenvalue weighted by Crippen LogP contribution is -2.60. The van der Waals surface area contributed by atoms with Crippen LogP contribution in [0.4, 0.5) is 5.69 Å². The molecule has 0 aliphatic carbocycles. The number of anilines is 1. The number of hydrogen-bond acceptors (Lipinski definition) is 10. The van der Waals surface area contributed by atoms with Gasteiger partial charge in [-0.1, -0.05) is 42.5 Å². The number of benzene rings is 3. The quantitative estimate of drug-likeness (QED) is 0.174. The van der Waals surface area contributed by atoms with Gasteiger partial charge >= 0.3 is 5.97 Å². The Bertz CT molecular complexity index is 1510. The number of aliphatic hydroxyl groups excluding tert-OH is 4. The van der Waals surface area contributed by atoms with Crippen molar-refractivity contribution in [2.75, 3.05) is 11.5 Å². The number of rotatable bonds is 9. The molecule has 12 nitrogen and oxygen atoms in total. The van der Waals surface area contributed by atoms with Crippen LogP contribution >= 0.6 is 0 Å².